The van der Waals surface area contributed by atoms with Crippen molar-refractivity contribution in [1.29, 1.82) is 0 Å². The summed E-state index contributed by atoms with van der Waals surface area (Å²) in [5, 5.41) is 5.39. The van der Waals surface area contributed by atoms with Crippen LogP contribution in [0.25, 0.3) is 0 Å². The molecule has 0 aliphatic heterocycles. The molecular formula is C10H15BrN2OS. The first-order valence-electron chi connectivity index (χ1n) is 5.00. The Labute approximate surface area is 102 Å². The normalized spacial score (nSPS) is 12.5. The molecule has 0 aromatic carbocycles. The molecule has 1 amide bonds. The Morgan fingerprint density at radius 1 is 1.73 bits per heavy atom. The number of aromatic nitrogens is 1. The Kier molecular flexibility index (Phi) is 5.25. The van der Waals surface area contributed by atoms with Crippen LogP contribution < -0.4 is 5.32 Å². The highest BCUT2D eigenvalue weighted by Gasteiger charge is 2.15. The number of amides is 1. The van der Waals surface area contributed by atoms with Crippen molar-refractivity contribution in [2.75, 3.05) is 5.32 Å². The molecule has 84 valence electrons. The molecule has 15 heavy (non-hydrogen) atoms. The second kappa shape index (κ2) is 6.23. The molecule has 0 saturated heterocycles. The van der Waals surface area contributed by atoms with Crippen molar-refractivity contribution < 1.29 is 4.79 Å². The zero-order valence-electron chi connectivity index (χ0n) is 8.92. The van der Waals surface area contributed by atoms with Crippen LogP contribution in [0.3, 0.4) is 0 Å². The number of aryl methyl sites for hydroxylation is 1. The first kappa shape index (κ1) is 12.6. The van der Waals surface area contributed by atoms with Gasteiger partial charge in [-0.1, -0.05) is 35.7 Å². The van der Waals surface area contributed by atoms with Crippen molar-refractivity contribution >= 4 is 38.3 Å². The highest BCUT2D eigenvalue weighted by atomic mass is 79.9. The summed E-state index contributed by atoms with van der Waals surface area (Å²) in [6.07, 6.45) is 3.03. The number of anilines is 1. The highest BCUT2D eigenvalue weighted by molar-refractivity contribution is 9.10. The van der Waals surface area contributed by atoms with Gasteiger partial charge in [-0.05, 0) is 13.3 Å². The zero-order chi connectivity index (χ0) is 11.3. The summed E-state index contributed by atoms with van der Waals surface area (Å²) in [6, 6.07) is 0. The van der Waals surface area contributed by atoms with E-state index in [1.807, 2.05) is 12.3 Å². The van der Waals surface area contributed by atoms with Crippen LogP contribution in [0.5, 0.6) is 0 Å². The number of unbranched alkanes of at least 4 members (excludes halogenated alkanes) is 1. The molecule has 0 aliphatic carbocycles. The summed E-state index contributed by atoms with van der Waals surface area (Å²) in [5.74, 6) is -0.00204. The van der Waals surface area contributed by atoms with Gasteiger partial charge in [-0.15, -0.1) is 11.3 Å². The van der Waals surface area contributed by atoms with Crippen LogP contribution >= 0.6 is 27.3 Å². The van der Waals surface area contributed by atoms with E-state index in [4.69, 9.17) is 0 Å². The summed E-state index contributed by atoms with van der Waals surface area (Å²) in [4.78, 5) is 15.7. The summed E-state index contributed by atoms with van der Waals surface area (Å²) < 4.78 is 0. The smallest absolute Gasteiger partial charge is 0.239 e. The number of rotatable bonds is 5. The first-order chi connectivity index (χ1) is 7.13. The van der Waals surface area contributed by atoms with E-state index in [9.17, 15) is 4.79 Å². The van der Waals surface area contributed by atoms with Gasteiger partial charge in [0.1, 0.15) is 0 Å². The average Bonchev–Trinajstić information content (AvgIpc) is 2.60. The molecule has 1 aromatic rings. The third-order valence-electron chi connectivity index (χ3n) is 1.94. The molecule has 0 spiro atoms. The maximum Gasteiger partial charge on any atom is 0.239 e. The predicted octanol–water partition coefficient (Wildman–Crippen LogP) is 3.34. The van der Waals surface area contributed by atoms with Crippen LogP contribution in [0.15, 0.2) is 5.38 Å². The lowest BCUT2D eigenvalue weighted by Gasteiger charge is -2.07. The van der Waals surface area contributed by atoms with Crippen molar-refractivity contribution in [2.45, 2.75) is 37.9 Å². The van der Waals surface area contributed by atoms with Gasteiger partial charge in [0.05, 0.1) is 10.5 Å². The maximum absolute atomic E-state index is 11.6. The number of carbonyl (C=O) groups excluding carboxylic acids is 1. The summed E-state index contributed by atoms with van der Waals surface area (Å²) in [7, 11) is 0. The molecular weight excluding hydrogens is 276 g/mol. The van der Waals surface area contributed by atoms with Gasteiger partial charge in [-0.25, -0.2) is 4.98 Å². The molecule has 1 N–H and O–H groups in total. The van der Waals surface area contributed by atoms with Crippen molar-refractivity contribution in [1.82, 2.24) is 4.98 Å². The molecule has 1 atom stereocenters. The molecule has 0 fully saturated rings. The number of carbonyl (C=O) groups is 1. The third kappa shape index (κ3) is 4.30. The number of nitrogens with zero attached hydrogens (tertiary/aromatic N) is 1. The van der Waals surface area contributed by atoms with E-state index < -0.39 is 0 Å². The minimum absolute atomic E-state index is 0.00204. The van der Waals surface area contributed by atoms with Gasteiger partial charge >= 0.3 is 0 Å². The van der Waals surface area contributed by atoms with Crippen LogP contribution in [0.2, 0.25) is 0 Å². The molecule has 0 radical (unpaired) electrons. The topological polar surface area (TPSA) is 42.0 Å². The van der Waals surface area contributed by atoms with Gasteiger partial charge in [0.2, 0.25) is 5.91 Å². The Morgan fingerprint density at radius 3 is 3.00 bits per heavy atom. The molecule has 0 aliphatic rings. The lowest BCUT2D eigenvalue weighted by atomic mass is 10.2. The van der Waals surface area contributed by atoms with E-state index >= 15 is 0 Å². The number of thiazole rings is 1. The van der Waals surface area contributed by atoms with Crippen molar-refractivity contribution in [3.63, 3.8) is 0 Å². The number of halogens is 1. The number of alkyl halides is 1. The van der Waals surface area contributed by atoms with E-state index in [0.29, 0.717) is 5.13 Å². The summed E-state index contributed by atoms with van der Waals surface area (Å²) >= 11 is 4.83. The van der Waals surface area contributed by atoms with E-state index in [-0.39, 0.29) is 10.7 Å². The molecule has 1 unspecified atom stereocenters. The lowest BCUT2D eigenvalue weighted by Crippen LogP contribution is -2.22. The molecule has 1 aromatic heterocycles. The quantitative estimate of drug-likeness (QED) is 0.845. The van der Waals surface area contributed by atoms with Crippen molar-refractivity contribution in [3.05, 3.63) is 11.1 Å². The van der Waals surface area contributed by atoms with Crippen LogP contribution in [-0.2, 0) is 4.79 Å². The Morgan fingerprint density at radius 2 is 2.47 bits per heavy atom. The van der Waals surface area contributed by atoms with Crippen LogP contribution in [0.4, 0.5) is 5.13 Å². The van der Waals surface area contributed by atoms with Gasteiger partial charge in [0, 0.05) is 5.38 Å². The fourth-order valence-electron chi connectivity index (χ4n) is 1.11. The fourth-order valence-corrected chi connectivity index (χ4v) is 2.24. The van der Waals surface area contributed by atoms with Gasteiger partial charge in [-0.2, -0.15) is 0 Å². The molecule has 5 heteroatoms. The van der Waals surface area contributed by atoms with Crippen LogP contribution in [-0.4, -0.2) is 15.7 Å². The average molecular weight is 291 g/mol. The molecule has 1 rings (SSSR count). The zero-order valence-corrected chi connectivity index (χ0v) is 11.3. The van der Waals surface area contributed by atoms with Gasteiger partial charge in [0.15, 0.2) is 5.13 Å². The molecule has 0 bridgehead atoms. The Bertz CT molecular complexity index is 327. The predicted molar refractivity (Wildman–Crippen MR) is 67.7 cm³/mol. The Hall–Kier alpha value is -0.420. The maximum atomic E-state index is 11.6. The van der Waals surface area contributed by atoms with Crippen LogP contribution in [0, 0.1) is 6.92 Å². The minimum atomic E-state index is -0.110. The highest BCUT2D eigenvalue weighted by Crippen LogP contribution is 2.17. The molecule has 1 heterocycles. The second-order valence-corrected chi connectivity index (χ2v) is 5.36. The standard InChI is InChI=1S/C10H15BrN2OS/c1-3-4-5-8(11)9(14)13-10-12-7(2)6-15-10/h6,8H,3-5H2,1-2H3,(H,12,13,14). The SMILES string of the molecule is CCCCC(Br)C(=O)Nc1nc(C)cs1. The van der Waals surface area contributed by atoms with Crippen molar-refractivity contribution in [3.8, 4) is 0 Å². The molecule has 0 saturated carbocycles. The number of nitrogens with one attached hydrogen (secondary N) is 1. The van der Waals surface area contributed by atoms with Gasteiger partial charge in [0.25, 0.3) is 0 Å². The number of hydrogen-bond acceptors (Lipinski definition) is 3. The van der Waals surface area contributed by atoms with Crippen LogP contribution in [0.1, 0.15) is 31.9 Å². The fraction of sp³-hybridized carbons (Fsp3) is 0.600. The lowest BCUT2D eigenvalue weighted by molar-refractivity contribution is -0.115. The largest absolute Gasteiger partial charge is 0.301 e. The second-order valence-electron chi connectivity index (χ2n) is 3.39. The van der Waals surface area contributed by atoms with Crippen molar-refractivity contribution in [2.24, 2.45) is 0 Å². The Balaban J connectivity index is 2.41. The van der Waals surface area contributed by atoms with Gasteiger partial charge < -0.3 is 5.32 Å². The van der Waals surface area contributed by atoms with E-state index in [2.05, 4.69) is 33.2 Å². The third-order valence-corrected chi connectivity index (χ3v) is 3.69. The monoisotopic (exact) mass is 290 g/mol. The number of hydrogen-bond donors (Lipinski definition) is 1. The molecule has 3 nitrogen and oxygen atoms in total. The summed E-state index contributed by atoms with van der Waals surface area (Å²) in [6.45, 7) is 4.02. The van der Waals surface area contributed by atoms with E-state index in [0.717, 1.165) is 25.0 Å². The minimum Gasteiger partial charge on any atom is -0.301 e. The van der Waals surface area contributed by atoms with E-state index in [1.165, 1.54) is 11.3 Å². The van der Waals surface area contributed by atoms with Gasteiger partial charge in [-0.3, -0.25) is 4.79 Å². The van der Waals surface area contributed by atoms with E-state index in [1.54, 1.807) is 0 Å². The first-order valence-corrected chi connectivity index (χ1v) is 6.80. The summed E-state index contributed by atoms with van der Waals surface area (Å²) in [5.41, 5.74) is 0.940.